The Bertz CT molecular complexity index is 394. The minimum atomic E-state index is -0.129. The third-order valence-corrected chi connectivity index (χ3v) is 4.50. The van der Waals surface area contributed by atoms with Crippen molar-refractivity contribution in [3.63, 3.8) is 0 Å². The zero-order valence-electron chi connectivity index (χ0n) is 14.2. The van der Waals surface area contributed by atoms with Gasteiger partial charge in [0.1, 0.15) is 5.75 Å². The van der Waals surface area contributed by atoms with Crippen LogP contribution in [-0.2, 0) is 11.2 Å². The maximum Gasteiger partial charge on any atom is 0.122 e. The Hall–Kier alpha value is -1.06. The molecule has 0 saturated heterocycles. The molecule has 0 fully saturated rings. The fraction of sp³-hybridized carbons (Fsp3) is 0.667. The van der Waals surface area contributed by atoms with Crippen molar-refractivity contribution in [1.82, 2.24) is 5.32 Å². The first-order valence-electron chi connectivity index (χ1n) is 8.07. The summed E-state index contributed by atoms with van der Waals surface area (Å²) in [5.74, 6) is 0.956. The SMILES string of the molecule is CCCNC(Cc1ccccc1OC)C(CC)(CC)OC. The number of nitrogens with one attached hydrogen (secondary N) is 1. The van der Waals surface area contributed by atoms with Crippen LogP contribution in [0.2, 0.25) is 0 Å². The molecule has 1 unspecified atom stereocenters. The second-order valence-electron chi connectivity index (χ2n) is 5.50. The van der Waals surface area contributed by atoms with Crippen LogP contribution in [0.25, 0.3) is 0 Å². The van der Waals surface area contributed by atoms with E-state index in [1.54, 1.807) is 7.11 Å². The van der Waals surface area contributed by atoms with Gasteiger partial charge in [0.05, 0.1) is 12.7 Å². The van der Waals surface area contributed by atoms with E-state index in [1.165, 1.54) is 5.56 Å². The summed E-state index contributed by atoms with van der Waals surface area (Å²) >= 11 is 0. The van der Waals surface area contributed by atoms with E-state index in [0.717, 1.165) is 38.0 Å². The van der Waals surface area contributed by atoms with Crippen molar-refractivity contribution in [2.45, 2.75) is 58.1 Å². The number of hydrogen-bond acceptors (Lipinski definition) is 3. The normalized spacial score (nSPS) is 13.2. The standard InChI is InChI=1S/C18H31NO2/c1-6-13-19-17(18(7-2,8-3)21-5)14-15-11-9-10-12-16(15)20-4/h9-12,17,19H,6-8,13-14H2,1-5H3. The largest absolute Gasteiger partial charge is 0.496 e. The summed E-state index contributed by atoms with van der Waals surface area (Å²) in [7, 11) is 3.56. The van der Waals surface area contributed by atoms with Crippen LogP contribution in [0.4, 0.5) is 0 Å². The summed E-state index contributed by atoms with van der Waals surface area (Å²) in [5, 5.41) is 3.68. The number of methoxy groups -OCH3 is 2. The minimum absolute atomic E-state index is 0.129. The molecule has 3 nitrogen and oxygen atoms in total. The fourth-order valence-corrected chi connectivity index (χ4v) is 3.03. The van der Waals surface area contributed by atoms with Gasteiger partial charge in [0, 0.05) is 13.2 Å². The molecule has 0 aliphatic carbocycles. The summed E-state index contributed by atoms with van der Waals surface area (Å²) in [4.78, 5) is 0. The average molecular weight is 293 g/mol. The van der Waals surface area contributed by atoms with Crippen LogP contribution < -0.4 is 10.1 Å². The van der Waals surface area contributed by atoms with Crippen molar-refractivity contribution < 1.29 is 9.47 Å². The molecule has 1 N–H and O–H groups in total. The molecule has 3 heteroatoms. The highest BCUT2D eigenvalue weighted by atomic mass is 16.5. The van der Waals surface area contributed by atoms with E-state index in [2.05, 4.69) is 38.2 Å². The molecule has 0 aliphatic rings. The lowest BCUT2D eigenvalue weighted by molar-refractivity contribution is -0.0472. The molecule has 0 radical (unpaired) electrons. The van der Waals surface area contributed by atoms with Gasteiger partial charge in [-0.1, -0.05) is 39.0 Å². The van der Waals surface area contributed by atoms with Crippen molar-refractivity contribution in [2.75, 3.05) is 20.8 Å². The van der Waals surface area contributed by atoms with Gasteiger partial charge in [-0.15, -0.1) is 0 Å². The van der Waals surface area contributed by atoms with Gasteiger partial charge in [-0.05, 0) is 43.9 Å². The first-order chi connectivity index (χ1) is 10.2. The van der Waals surface area contributed by atoms with Crippen LogP contribution >= 0.6 is 0 Å². The van der Waals surface area contributed by atoms with Crippen LogP contribution in [0.1, 0.15) is 45.6 Å². The van der Waals surface area contributed by atoms with Gasteiger partial charge in [0.2, 0.25) is 0 Å². The Balaban J connectivity index is 3.01. The Labute approximate surface area is 130 Å². The molecule has 0 amide bonds. The van der Waals surface area contributed by atoms with Crippen molar-refractivity contribution in [3.05, 3.63) is 29.8 Å². The summed E-state index contributed by atoms with van der Waals surface area (Å²) in [6.45, 7) is 7.61. The molecule has 21 heavy (non-hydrogen) atoms. The van der Waals surface area contributed by atoms with Gasteiger partial charge in [0.15, 0.2) is 0 Å². The lowest BCUT2D eigenvalue weighted by Crippen LogP contribution is -2.53. The quantitative estimate of drug-likeness (QED) is 0.711. The van der Waals surface area contributed by atoms with Crippen molar-refractivity contribution in [3.8, 4) is 5.75 Å². The molecule has 0 saturated carbocycles. The molecule has 1 aromatic carbocycles. The van der Waals surface area contributed by atoms with E-state index < -0.39 is 0 Å². The van der Waals surface area contributed by atoms with Gasteiger partial charge in [-0.25, -0.2) is 0 Å². The molecular formula is C18H31NO2. The van der Waals surface area contributed by atoms with Crippen molar-refractivity contribution in [1.29, 1.82) is 0 Å². The average Bonchev–Trinajstić information content (AvgIpc) is 2.54. The lowest BCUT2D eigenvalue weighted by Gasteiger charge is -2.39. The van der Waals surface area contributed by atoms with Gasteiger partial charge < -0.3 is 14.8 Å². The Kier molecular flexibility index (Phi) is 7.76. The maximum atomic E-state index is 5.94. The van der Waals surface area contributed by atoms with Crippen molar-refractivity contribution >= 4 is 0 Å². The molecule has 1 atom stereocenters. The minimum Gasteiger partial charge on any atom is -0.496 e. The highest BCUT2D eigenvalue weighted by Gasteiger charge is 2.35. The molecule has 1 rings (SSSR count). The number of ether oxygens (including phenoxy) is 2. The van der Waals surface area contributed by atoms with Crippen LogP contribution in [-0.4, -0.2) is 32.4 Å². The first-order valence-corrected chi connectivity index (χ1v) is 8.07. The van der Waals surface area contributed by atoms with Crippen LogP contribution in [0.3, 0.4) is 0 Å². The van der Waals surface area contributed by atoms with E-state index in [-0.39, 0.29) is 11.6 Å². The highest BCUT2D eigenvalue weighted by Crippen LogP contribution is 2.29. The molecule has 0 bridgehead atoms. The zero-order valence-corrected chi connectivity index (χ0v) is 14.2. The third kappa shape index (κ3) is 4.45. The number of benzene rings is 1. The molecule has 0 aliphatic heterocycles. The number of rotatable bonds is 10. The molecular weight excluding hydrogens is 262 g/mol. The summed E-state index contributed by atoms with van der Waals surface area (Å²) in [6.07, 6.45) is 4.03. The fourth-order valence-electron chi connectivity index (χ4n) is 3.03. The smallest absolute Gasteiger partial charge is 0.122 e. The Morgan fingerprint density at radius 3 is 2.29 bits per heavy atom. The molecule has 1 aromatic rings. The zero-order chi connectivity index (χ0) is 15.7. The van der Waals surface area contributed by atoms with E-state index >= 15 is 0 Å². The number of para-hydroxylation sites is 1. The highest BCUT2D eigenvalue weighted by molar-refractivity contribution is 5.34. The topological polar surface area (TPSA) is 30.5 Å². The molecule has 0 spiro atoms. The van der Waals surface area contributed by atoms with E-state index in [9.17, 15) is 0 Å². The lowest BCUT2D eigenvalue weighted by atomic mass is 9.84. The number of hydrogen-bond donors (Lipinski definition) is 1. The second kappa shape index (κ2) is 9.06. The monoisotopic (exact) mass is 293 g/mol. The molecule has 120 valence electrons. The van der Waals surface area contributed by atoms with Crippen molar-refractivity contribution in [2.24, 2.45) is 0 Å². The van der Waals surface area contributed by atoms with E-state index in [4.69, 9.17) is 9.47 Å². The second-order valence-corrected chi connectivity index (χ2v) is 5.50. The summed E-state index contributed by atoms with van der Waals surface area (Å²) in [6, 6.07) is 8.54. The summed E-state index contributed by atoms with van der Waals surface area (Å²) < 4.78 is 11.4. The van der Waals surface area contributed by atoms with Crippen LogP contribution in [0.5, 0.6) is 5.75 Å². The molecule has 0 heterocycles. The maximum absolute atomic E-state index is 5.94. The van der Waals surface area contributed by atoms with Crippen LogP contribution in [0.15, 0.2) is 24.3 Å². The first kappa shape index (κ1) is 18.0. The van der Waals surface area contributed by atoms with Crippen LogP contribution in [0, 0.1) is 0 Å². The van der Waals surface area contributed by atoms with Gasteiger partial charge in [-0.2, -0.15) is 0 Å². The van der Waals surface area contributed by atoms with E-state index in [1.807, 2.05) is 19.2 Å². The summed E-state index contributed by atoms with van der Waals surface area (Å²) in [5.41, 5.74) is 1.10. The molecule has 0 aromatic heterocycles. The predicted octanol–water partition coefficient (Wildman–Crippen LogP) is 3.81. The Morgan fingerprint density at radius 2 is 1.76 bits per heavy atom. The third-order valence-electron chi connectivity index (χ3n) is 4.50. The van der Waals surface area contributed by atoms with Gasteiger partial charge in [-0.3, -0.25) is 0 Å². The predicted molar refractivity (Wildman–Crippen MR) is 89.1 cm³/mol. The van der Waals surface area contributed by atoms with Gasteiger partial charge >= 0.3 is 0 Å². The van der Waals surface area contributed by atoms with E-state index in [0.29, 0.717) is 0 Å². The Morgan fingerprint density at radius 1 is 1.10 bits per heavy atom. The van der Waals surface area contributed by atoms with Gasteiger partial charge in [0.25, 0.3) is 0 Å².